The van der Waals surface area contributed by atoms with Crippen LogP contribution < -0.4 is 5.32 Å². The van der Waals surface area contributed by atoms with Gasteiger partial charge in [-0.3, -0.25) is 4.79 Å². The van der Waals surface area contributed by atoms with E-state index in [-0.39, 0.29) is 22.7 Å². The number of nitrogens with one attached hydrogen (secondary N) is 1. The first-order valence-electron chi connectivity index (χ1n) is 10.4. The minimum atomic E-state index is -3.76. The lowest BCUT2D eigenvalue weighted by molar-refractivity contribution is -0.125. The molecular formula is C24H26N2O3S2. The number of carbonyl (C=O) groups is 1. The fourth-order valence-electron chi connectivity index (χ4n) is 3.94. The van der Waals surface area contributed by atoms with Crippen LogP contribution in [0.1, 0.15) is 30.0 Å². The topological polar surface area (TPSA) is 66.5 Å². The normalized spacial score (nSPS) is 17.6. The molecule has 0 saturated carbocycles. The Morgan fingerprint density at radius 3 is 2.48 bits per heavy atom. The predicted octanol–water partition coefficient (Wildman–Crippen LogP) is 4.00. The lowest BCUT2D eigenvalue weighted by atomic mass is 9.95. The molecule has 5 nitrogen and oxygen atoms in total. The molecule has 31 heavy (non-hydrogen) atoms. The standard InChI is InChI=1S/C24H26N2O3S2/c1-18(13-14-19-8-3-2-4-9-19)25-24(27)22-16-20-10-5-6-11-21(20)17-26(22)31(28,29)23-12-7-15-30-23/h2-12,15,18,22H,13-14,16-17H2,1H3,(H,25,27). The van der Waals surface area contributed by atoms with Crippen LogP contribution in [0.2, 0.25) is 0 Å². The van der Waals surface area contributed by atoms with Gasteiger partial charge in [-0.2, -0.15) is 4.31 Å². The smallest absolute Gasteiger partial charge is 0.253 e. The molecule has 2 aromatic carbocycles. The van der Waals surface area contributed by atoms with Gasteiger partial charge < -0.3 is 5.32 Å². The van der Waals surface area contributed by atoms with Crippen molar-refractivity contribution in [2.75, 3.05) is 0 Å². The summed E-state index contributed by atoms with van der Waals surface area (Å²) in [5.74, 6) is -0.241. The molecule has 1 aromatic heterocycles. The number of hydrogen-bond acceptors (Lipinski definition) is 4. The van der Waals surface area contributed by atoms with Crippen LogP contribution in [-0.2, 0) is 34.2 Å². The second-order valence-electron chi connectivity index (χ2n) is 7.90. The second kappa shape index (κ2) is 9.34. The summed E-state index contributed by atoms with van der Waals surface area (Å²) in [6, 6.07) is 20.4. The Balaban J connectivity index is 1.52. The van der Waals surface area contributed by atoms with Gasteiger partial charge in [0.2, 0.25) is 5.91 Å². The lowest BCUT2D eigenvalue weighted by Gasteiger charge is -2.35. The predicted molar refractivity (Wildman–Crippen MR) is 123 cm³/mol. The van der Waals surface area contributed by atoms with Crippen molar-refractivity contribution in [3.63, 3.8) is 0 Å². The van der Waals surface area contributed by atoms with E-state index in [0.717, 1.165) is 24.0 Å². The van der Waals surface area contributed by atoms with E-state index in [0.29, 0.717) is 6.42 Å². The largest absolute Gasteiger partial charge is 0.352 e. The molecule has 1 N–H and O–H groups in total. The van der Waals surface area contributed by atoms with Gasteiger partial charge in [-0.05, 0) is 54.3 Å². The SMILES string of the molecule is CC(CCc1ccccc1)NC(=O)C1Cc2ccccc2CN1S(=O)(=O)c1cccs1. The molecule has 2 atom stereocenters. The molecule has 0 aliphatic carbocycles. The molecule has 0 radical (unpaired) electrons. The molecule has 0 saturated heterocycles. The monoisotopic (exact) mass is 454 g/mol. The van der Waals surface area contributed by atoms with Crippen LogP contribution >= 0.6 is 11.3 Å². The molecule has 4 rings (SSSR count). The van der Waals surface area contributed by atoms with Crippen molar-refractivity contribution in [1.29, 1.82) is 0 Å². The van der Waals surface area contributed by atoms with E-state index in [4.69, 9.17) is 0 Å². The first-order valence-corrected chi connectivity index (χ1v) is 12.7. The highest BCUT2D eigenvalue weighted by Gasteiger charge is 2.40. The van der Waals surface area contributed by atoms with Crippen LogP contribution in [0.15, 0.2) is 76.3 Å². The third kappa shape index (κ3) is 4.89. The van der Waals surface area contributed by atoms with Crippen molar-refractivity contribution in [2.45, 2.75) is 49.0 Å². The number of sulfonamides is 1. The van der Waals surface area contributed by atoms with E-state index in [9.17, 15) is 13.2 Å². The minimum Gasteiger partial charge on any atom is -0.352 e. The number of hydrogen-bond donors (Lipinski definition) is 1. The molecule has 7 heteroatoms. The Morgan fingerprint density at radius 1 is 1.06 bits per heavy atom. The fraction of sp³-hybridized carbons (Fsp3) is 0.292. The summed E-state index contributed by atoms with van der Waals surface area (Å²) in [6.45, 7) is 2.17. The maximum absolute atomic E-state index is 13.3. The molecule has 1 aliphatic rings. The molecular weight excluding hydrogens is 428 g/mol. The summed E-state index contributed by atoms with van der Waals surface area (Å²) in [7, 11) is -3.76. The fourth-order valence-corrected chi connectivity index (χ4v) is 6.62. The Bertz CT molecular complexity index is 1130. The highest BCUT2D eigenvalue weighted by molar-refractivity contribution is 7.91. The number of rotatable bonds is 7. The zero-order valence-electron chi connectivity index (χ0n) is 17.4. The number of aryl methyl sites for hydroxylation is 1. The van der Waals surface area contributed by atoms with Gasteiger partial charge in [-0.1, -0.05) is 60.7 Å². The molecule has 0 spiro atoms. The van der Waals surface area contributed by atoms with Crippen LogP contribution in [0.25, 0.3) is 0 Å². The highest BCUT2D eigenvalue weighted by Crippen LogP contribution is 2.31. The first-order chi connectivity index (χ1) is 14.9. The average molecular weight is 455 g/mol. The summed E-state index contributed by atoms with van der Waals surface area (Å²) in [6.07, 6.45) is 2.02. The van der Waals surface area contributed by atoms with Crippen molar-refractivity contribution in [3.8, 4) is 0 Å². The first kappa shape index (κ1) is 21.7. The van der Waals surface area contributed by atoms with Crippen molar-refractivity contribution >= 4 is 27.3 Å². The van der Waals surface area contributed by atoms with Gasteiger partial charge in [0.15, 0.2) is 0 Å². The van der Waals surface area contributed by atoms with Crippen molar-refractivity contribution in [1.82, 2.24) is 9.62 Å². The molecule has 0 bridgehead atoms. The Labute approximate surface area is 187 Å². The minimum absolute atomic E-state index is 0.0591. The summed E-state index contributed by atoms with van der Waals surface area (Å²) < 4.78 is 28.3. The molecule has 3 aromatic rings. The van der Waals surface area contributed by atoms with Crippen molar-refractivity contribution < 1.29 is 13.2 Å². The van der Waals surface area contributed by atoms with Crippen LogP contribution in [0.4, 0.5) is 0 Å². The van der Waals surface area contributed by atoms with Crippen LogP contribution in [0, 0.1) is 0 Å². The van der Waals surface area contributed by atoms with Gasteiger partial charge in [-0.25, -0.2) is 8.42 Å². The van der Waals surface area contributed by atoms with Gasteiger partial charge in [0, 0.05) is 12.6 Å². The van der Waals surface area contributed by atoms with Crippen molar-refractivity contribution in [3.05, 3.63) is 88.8 Å². The zero-order chi connectivity index (χ0) is 21.8. The van der Waals surface area contributed by atoms with E-state index < -0.39 is 16.1 Å². The van der Waals surface area contributed by atoms with Gasteiger partial charge >= 0.3 is 0 Å². The molecule has 162 valence electrons. The number of thiophene rings is 1. The molecule has 0 fully saturated rings. The maximum Gasteiger partial charge on any atom is 0.253 e. The second-order valence-corrected chi connectivity index (χ2v) is 11.0. The van der Waals surface area contributed by atoms with E-state index in [2.05, 4.69) is 17.4 Å². The van der Waals surface area contributed by atoms with E-state index in [1.807, 2.05) is 49.4 Å². The Hall–Kier alpha value is -2.48. The molecule has 2 heterocycles. The summed E-state index contributed by atoms with van der Waals surface area (Å²) in [5, 5.41) is 4.80. The maximum atomic E-state index is 13.3. The number of amides is 1. The summed E-state index contributed by atoms with van der Waals surface area (Å²) >= 11 is 1.18. The third-order valence-corrected chi connectivity index (χ3v) is 8.89. The Morgan fingerprint density at radius 2 is 1.77 bits per heavy atom. The third-order valence-electron chi connectivity index (χ3n) is 5.66. The van der Waals surface area contributed by atoms with E-state index in [1.54, 1.807) is 17.5 Å². The number of fused-ring (bicyclic) bond motifs is 1. The van der Waals surface area contributed by atoms with Gasteiger partial charge in [-0.15, -0.1) is 11.3 Å². The lowest BCUT2D eigenvalue weighted by Crippen LogP contribution is -2.53. The van der Waals surface area contributed by atoms with Crippen LogP contribution in [0.5, 0.6) is 0 Å². The average Bonchev–Trinajstić information content (AvgIpc) is 3.33. The van der Waals surface area contributed by atoms with Gasteiger partial charge in [0.25, 0.3) is 10.0 Å². The Kier molecular flexibility index (Phi) is 6.55. The molecule has 2 unspecified atom stereocenters. The molecule has 1 aliphatic heterocycles. The van der Waals surface area contributed by atoms with E-state index in [1.165, 1.54) is 21.2 Å². The van der Waals surface area contributed by atoms with Gasteiger partial charge in [0.05, 0.1) is 0 Å². The number of nitrogens with zero attached hydrogens (tertiary/aromatic N) is 1. The van der Waals surface area contributed by atoms with Crippen LogP contribution in [-0.4, -0.2) is 30.7 Å². The van der Waals surface area contributed by atoms with Crippen LogP contribution in [0.3, 0.4) is 0 Å². The highest BCUT2D eigenvalue weighted by atomic mass is 32.2. The number of benzene rings is 2. The zero-order valence-corrected chi connectivity index (χ0v) is 19.0. The van der Waals surface area contributed by atoms with Crippen molar-refractivity contribution in [2.24, 2.45) is 0 Å². The van der Waals surface area contributed by atoms with Gasteiger partial charge in [0.1, 0.15) is 10.3 Å². The number of carbonyl (C=O) groups excluding carboxylic acids is 1. The quantitative estimate of drug-likeness (QED) is 0.587. The summed E-state index contributed by atoms with van der Waals surface area (Å²) in [4.78, 5) is 13.2. The molecule has 1 amide bonds. The van der Waals surface area contributed by atoms with E-state index >= 15 is 0 Å². The summed E-state index contributed by atoms with van der Waals surface area (Å²) in [5.41, 5.74) is 3.19.